The molecule has 4 aromatic rings. The van der Waals surface area contributed by atoms with E-state index in [4.69, 9.17) is 14.7 Å². The Morgan fingerprint density at radius 1 is 1.09 bits per heavy atom. The number of halogens is 2. The van der Waals surface area contributed by atoms with Gasteiger partial charge in [0.15, 0.2) is 17.4 Å². The summed E-state index contributed by atoms with van der Waals surface area (Å²) >= 11 is 0. The second kappa shape index (κ2) is 8.43. The number of ether oxygens (including phenoxy) is 1. The third kappa shape index (κ3) is 4.17. The predicted molar refractivity (Wildman–Crippen MR) is 116 cm³/mol. The van der Waals surface area contributed by atoms with Crippen LogP contribution in [0.15, 0.2) is 42.9 Å². The number of piperidine rings is 1. The van der Waals surface area contributed by atoms with Gasteiger partial charge in [-0.25, -0.2) is 23.7 Å². The van der Waals surface area contributed by atoms with Crippen LogP contribution in [0.1, 0.15) is 18.5 Å². The number of nitrogens with zero attached hydrogens (tertiary/aromatic N) is 7. The number of hydrogen-bond acceptors (Lipinski definition) is 7. The summed E-state index contributed by atoms with van der Waals surface area (Å²) in [5, 5.41) is 13.4. The van der Waals surface area contributed by atoms with E-state index in [1.807, 2.05) is 19.3 Å². The minimum absolute atomic E-state index is 0.0490. The van der Waals surface area contributed by atoms with E-state index in [9.17, 15) is 14.0 Å². The molecule has 0 amide bonds. The molecule has 0 spiro atoms. The van der Waals surface area contributed by atoms with Gasteiger partial charge in [0, 0.05) is 56.9 Å². The molecular formula is C23H19F2N7O. The highest BCUT2D eigenvalue weighted by Gasteiger charge is 2.26. The summed E-state index contributed by atoms with van der Waals surface area (Å²) in [5.41, 5.74) is 2.92. The molecule has 4 heterocycles. The standard InChI is InChI=1S/C23H19F2N7O/c1-31-13-14(11-28-31)22-23(30-19-9-16(10-26)27-12-20(19)29-22)32-6-4-17(5-7-32)33-21-3-2-15(24)8-18(21)25/h2-3,8-9,11-13,17H,4-7H2,1H3. The molecule has 5 rings (SSSR count). The van der Waals surface area contributed by atoms with Crippen molar-refractivity contribution < 1.29 is 13.5 Å². The fourth-order valence-corrected chi connectivity index (χ4v) is 3.91. The second-order valence-electron chi connectivity index (χ2n) is 7.85. The van der Waals surface area contributed by atoms with Crippen LogP contribution in [0.5, 0.6) is 5.75 Å². The van der Waals surface area contributed by atoms with E-state index in [0.717, 1.165) is 11.6 Å². The van der Waals surface area contributed by atoms with Crippen molar-refractivity contribution in [2.24, 2.45) is 7.05 Å². The summed E-state index contributed by atoms with van der Waals surface area (Å²) in [6.45, 7) is 1.22. The zero-order valence-corrected chi connectivity index (χ0v) is 17.7. The van der Waals surface area contributed by atoms with Gasteiger partial charge in [-0.05, 0) is 12.1 Å². The molecule has 8 nitrogen and oxygen atoms in total. The molecule has 33 heavy (non-hydrogen) atoms. The van der Waals surface area contributed by atoms with Gasteiger partial charge < -0.3 is 9.64 Å². The lowest BCUT2D eigenvalue weighted by atomic mass is 10.1. The average Bonchev–Trinajstić information content (AvgIpc) is 3.26. The lowest BCUT2D eigenvalue weighted by Gasteiger charge is -2.33. The van der Waals surface area contributed by atoms with Crippen molar-refractivity contribution in [3.8, 4) is 23.1 Å². The normalized spacial score (nSPS) is 14.4. The molecule has 1 saturated heterocycles. The number of fused-ring (bicyclic) bond motifs is 1. The Kier molecular flexibility index (Phi) is 5.30. The highest BCUT2D eigenvalue weighted by Crippen LogP contribution is 2.32. The molecule has 0 radical (unpaired) electrons. The van der Waals surface area contributed by atoms with Gasteiger partial charge in [-0.1, -0.05) is 0 Å². The van der Waals surface area contributed by atoms with Crippen LogP contribution in [0.3, 0.4) is 0 Å². The molecule has 1 fully saturated rings. The van der Waals surface area contributed by atoms with Gasteiger partial charge in [0.1, 0.15) is 34.9 Å². The van der Waals surface area contributed by atoms with Gasteiger partial charge in [0.2, 0.25) is 0 Å². The number of rotatable bonds is 4. The van der Waals surface area contributed by atoms with E-state index in [1.54, 1.807) is 23.1 Å². The summed E-state index contributed by atoms with van der Waals surface area (Å²) < 4.78 is 34.6. The number of benzene rings is 1. The zero-order valence-electron chi connectivity index (χ0n) is 17.7. The molecular weight excluding hydrogens is 428 g/mol. The zero-order chi connectivity index (χ0) is 22.9. The van der Waals surface area contributed by atoms with Gasteiger partial charge in [0.05, 0.1) is 17.9 Å². The number of aromatic nitrogens is 5. The Bertz CT molecular complexity index is 1370. The molecule has 0 bridgehead atoms. The van der Waals surface area contributed by atoms with Crippen molar-refractivity contribution >= 4 is 16.9 Å². The summed E-state index contributed by atoms with van der Waals surface area (Å²) in [6.07, 6.45) is 6.19. The van der Waals surface area contributed by atoms with Gasteiger partial charge in [-0.2, -0.15) is 10.4 Å². The number of pyridine rings is 1. The molecule has 166 valence electrons. The number of nitriles is 1. The summed E-state index contributed by atoms with van der Waals surface area (Å²) in [4.78, 5) is 15.8. The predicted octanol–water partition coefficient (Wildman–Crippen LogP) is 3.62. The molecule has 0 N–H and O–H groups in total. The summed E-state index contributed by atoms with van der Waals surface area (Å²) in [7, 11) is 1.83. The van der Waals surface area contributed by atoms with Gasteiger partial charge in [0.25, 0.3) is 0 Å². The van der Waals surface area contributed by atoms with Gasteiger partial charge >= 0.3 is 0 Å². The molecule has 10 heteroatoms. The molecule has 1 aliphatic heterocycles. The van der Waals surface area contributed by atoms with Crippen molar-refractivity contribution in [3.63, 3.8) is 0 Å². The van der Waals surface area contributed by atoms with E-state index in [0.29, 0.717) is 48.5 Å². The topological polar surface area (TPSA) is 92.8 Å². The smallest absolute Gasteiger partial charge is 0.167 e. The second-order valence-corrected chi connectivity index (χ2v) is 7.85. The van der Waals surface area contributed by atoms with E-state index in [-0.39, 0.29) is 17.5 Å². The van der Waals surface area contributed by atoms with Crippen LogP contribution in [-0.4, -0.2) is 43.9 Å². The molecule has 3 aromatic heterocycles. The lowest BCUT2D eigenvalue weighted by Crippen LogP contribution is -2.39. The summed E-state index contributed by atoms with van der Waals surface area (Å²) in [6, 6.07) is 6.96. The lowest BCUT2D eigenvalue weighted by molar-refractivity contribution is 0.163. The maximum Gasteiger partial charge on any atom is 0.167 e. The van der Waals surface area contributed by atoms with Crippen LogP contribution in [0, 0.1) is 23.0 Å². The van der Waals surface area contributed by atoms with Crippen LogP contribution in [0.2, 0.25) is 0 Å². The van der Waals surface area contributed by atoms with Gasteiger partial charge in [-0.15, -0.1) is 0 Å². The molecule has 0 unspecified atom stereocenters. The minimum Gasteiger partial charge on any atom is -0.487 e. The Morgan fingerprint density at radius 3 is 2.61 bits per heavy atom. The fourth-order valence-electron chi connectivity index (χ4n) is 3.91. The average molecular weight is 447 g/mol. The minimum atomic E-state index is -0.710. The maximum atomic E-state index is 14.0. The van der Waals surface area contributed by atoms with Crippen LogP contribution < -0.4 is 9.64 Å². The van der Waals surface area contributed by atoms with Crippen molar-refractivity contribution in [2.75, 3.05) is 18.0 Å². The Balaban J connectivity index is 1.43. The van der Waals surface area contributed by atoms with Crippen LogP contribution in [0.25, 0.3) is 22.3 Å². The number of aryl methyl sites for hydroxylation is 1. The molecule has 1 aromatic carbocycles. The van der Waals surface area contributed by atoms with Gasteiger partial charge in [-0.3, -0.25) is 4.68 Å². The Hall–Kier alpha value is -4.13. The molecule has 0 saturated carbocycles. The van der Waals surface area contributed by atoms with Crippen LogP contribution >= 0.6 is 0 Å². The molecule has 0 atom stereocenters. The van der Waals surface area contributed by atoms with Crippen molar-refractivity contribution in [3.05, 3.63) is 60.2 Å². The first-order valence-corrected chi connectivity index (χ1v) is 10.4. The van der Waals surface area contributed by atoms with Crippen molar-refractivity contribution in [2.45, 2.75) is 18.9 Å². The van der Waals surface area contributed by atoms with Crippen molar-refractivity contribution in [1.29, 1.82) is 5.26 Å². The molecule has 0 aliphatic carbocycles. The SMILES string of the molecule is Cn1cc(-c2nc3cnc(C#N)cc3nc2N2CCC(Oc3ccc(F)cc3F)CC2)cn1. The van der Waals surface area contributed by atoms with E-state index in [2.05, 4.69) is 15.0 Å². The fraction of sp³-hybridized carbons (Fsp3) is 0.261. The number of hydrogen-bond donors (Lipinski definition) is 0. The monoisotopic (exact) mass is 447 g/mol. The Morgan fingerprint density at radius 2 is 1.91 bits per heavy atom. The Labute approximate surface area is 188 Å². The van der Waals surface area contributed by atoms with E-state index < -0.39 is 11.6 Å². The quantitative estimate of drug-likeness (QED) is 0.472. The molecule has 1 aliphatic rings. The first kappa shape index (κ1) is 20.8. The summed E-state index contributed by atoms with van der Waals surface area (Å²) in [5.74, 6) is -0.620. The van der Waals surface area contributed by atoms with Crippen LogP contribution in [-0.2, 0) is 7.05 Å². The highest BCUT2D eigenvalue weighted by molar-refractivity contribution is 5.83. The third-order valence-electron chi connectivity index (χ3n) is 5.55. The highest BCUT2D eigenvalue weighted by atomic mass is 19.1. The largest absolute Gasteiger partial charge is 0.487 e. The number of anilines is 1. The van der Waals surface area contributed by atoms with Crippen molar-refractivity contribution in [1.82, 2.24) is 24.7 Å². The van der Waals surface area contributed by atoms with E-state index in [1.165, 1.54) is 12.1 Å². The van der Waals surface area contributed by atoms with E-state index >= 15 is 0 Å². The third-order valence-corrected chi connectivity index (χ3v) is 5.55. The first-order chi connectivity index (χ1) is 16.0. The van der Waals surface area contributed by atoms with Crippen LogP contribution in [0.4, 0.5) is 14.6 Å². The first-order valence-electron chi connectivity index (χ1n) is 10.4. The maximum absolute atomic E-state index is 14.0.